The van der Waals surface area contributed by atoms with Crippen molar-refractivity contribution in [2.45, 2.75) is 30.5 Å². The van der Waals surface area contributed by atoms with Crippen LogP contribution in [-0.2, 0) is 6.54 Å². The Kier molecular flexibility index (Phi) is 4.63. The van der Waals surface area contributed by atoms with Crippen molar-refractivity contribution < 1.29 is 9.21 Å². The fourth-order valence-electron chi connectivity index (χ4n) is 2.63. The summed E-state index contributed by atoms with van der Waals surface area (Å²) in [6.07, 6.45) is 3.94. The van der Waals surface area contributed by atoms with Crippen LogP contribution in [0.5, 0.6) is 0 Å². The van der Waals surface area contributed by atoms with Crippen LogP contribution in [0.25, 0.3) is 0 Å². The predicted octanol–water partition coefficient (Wildman–Crippen LogP) is 4.43. The highest BCUT2D eigenvalue weighted by atomic mass is 35.5. The van der Waals surface area contributed by atoms with Gasteiger partial charge >= 0.3 is 0 Å². The molecule has 0 N–H and O–H groups in total. The third-order valence-electron chi connectivity index (χ3n) is 4.06. The molecule has 1 aromatic carbocycles. The molecule has 3 aromatic rings. The molecule has 1 saturated carbocycles. The van der Waals surface area contributed by atoms with E-state index < -0.39 is 0 Å². The van der Waals surface area contributed by atoms with Crippen molar-refractivity contribution in [1.29, 1.82) is 0 Å². The van der Waals surface area contributed by atoms with E-state index in [1.165, 1.54) is 11.8 Å². The second-order valence-electron chi connectivity index (χ2n) is 6.00. The number of carbonyl (C=O) groups excluding carboxylic acids is 1. The molecule has 0 aliphatic heterocycles. The van der Waals surface area contributed by atoms with Gasteiger partial charge in [-0.3, -0.25) is 9.36 Å². The zero-order valence-electron chi connectivity index (χ0n) is 13.4. The van der Waals surface area contributed by atoms with Crippen molar-refractivity contribution >= 4 is 29.1 Å². The Morgan fingerprint density at radius 3 is 2.88 bits per heavy atom. The standard InChI is InChI=1S/C18H16ClN3O2S/c19-14-4-1-3-13(9-14)16(23)11-25-18-21-20-17(12-6-7-12)22(18)10-15-5-2-8-24-15/h1-5,8-9,12H,6-7,10-11H2. The average Bonchev–Trinajstić information content (AvgIpc) is 3.18. The maximum atomic E-state index is 12.4. The van der Waals surface area contributed by atoms with Crippen LogP contribution in [0.1, 0.15) is 40.7 Å². The Labute approximate surface area is 154 Å². The molecule has 2 heterocycles. The van der Waals surface area contributed by atoms with Crippen molar-refractivity contribution in [3.05, 3.63) is 64.8 Å². The average molecular weight is 374 g/mol. The van der Waals surface area contributed by atoms with Crippen molar-refractivity contribution in [3.63, 3.8) is 0 Å². The Bertz CT molecular complexity index is 888. The van der Waals surface area contributed by atoms with Crippen LogP contribution < -0.4 is 0 Å². The van der Waals surface area contributed by atoms with Gasteiger partial charge in [0.05, 0.1) is 18.6 Å². The Balaban J connectivity index is 1.51. The monoisotopic (exact) mass is 373 g/mol. The van der Waals surface area contributed by atoms with Gasteiger partial charge in [0.2, 0.25) is 0 Å². The van der Waals surface area contributed by atoms with Gasteiger partial charge in [-0.25, -0.2) is 0 Å². The lowest BCUT2D eigenvalue weighted by Gasteiger charge is -2.08. The summed E-state index contributed by atoms with van der Waals surface area (Å²) < 4.78 is 7.52. The number of halogens is 1. The molecule has 128 valence electrons. The number of thioether (sulfide) groups is 1. The zero-order chi connectivity index (χ0) is 17.2. The third-order valence-corrected chi connectivity index (χ3v) is 5.26. The van der Waals surface area contributed by atoms with Gasteiger partial charge in [-0.1, -0.05) is 35.5 Å². The van der Waals surface area contributed by atoms with Gasteiger partial charge in [-0.2, -0.15) is 0 Å². The summed E-state index contributed by atoms with van der Waals surface area (Å²) >= 11 is 7.36. The van der Waals surface area contributed by atoms with Gasteiger partial charge < -0.3 is 4.42 Å². The molecule has 1 aliphatic rings. The SMILES string of the molecule is O=C(CSc1nnc(C2CC2)n1Cc1ccco1)c1cccc(Cl)c1. The van der Waals surface area contributed by atoms with Gasteiger partial charge in [0.15, 0.2) is 10.9 Å². The minimum absolute atomic E-state index is 0.0213. The van der Waals surface area contributed by atoms with E-state index in [-0.39, 0.29) is 5.78 Å². The number of ketones is 1. The van der Waals surface area contributed by atoms with Crippen LogP contribution in [-0.4, -0.2) is 26.3 Å². The van der Waals surface area contributed by atoms with Crippen LogP contribution >= 0.6 is 23.4 Å². The van der Waals surface area contributed by atoms with E-state index in [9.17, 15) is 4.79 Å². The van der Waals surface area contributed by atoms with E-state index >= 15 is 0 Å². The quantitative estimate of drug-likeness (QED) is 0.453. The van der Waals surface area contributed by atoms with Crippen molar-refractivity contribution in [2.24, 2.45) is 0 Å². The minimum Gasteiger partial charge on any atom is -0.467 e. The molecule has 0 atom stereocenters. The normalized spacial score (nSPS) is 14.0. The number of rotatable bonds is 7. The Hall–Kier alpha value is -2.05. The van der Waals surface area contributed by atoms with Gasteiger partial charge in [0.25, 0.3) is 0 Å². The third kappa shape index (κ3) is 3.80. The lowest BCUT2D eigenvalue weighted by atomic mass is 10.1. The number of benzene rings is 1. The Morgan fingerprint density at radius 2 is 2.16 bits per heavy atom. The predicted molar refractivity (Wildman–Crippen MR) is 96.3 cm³/mol. The van der Waals surface area contributed by atoms with Gasteiger partial charge in [-0.15, -0.1) is 10.2 Å². The summed E-state index contributed by atoms with van der Waals surface area (Å²) in [6, 6.07) is 10.8. The number of Topliss-reactive ketones (excluding diaryl/α,β-unsaturated/α-hetero) is 1. The number of carbonyl (C=O) groups is 1. The molecule has 1 aliphatic carbocycles. The molecule has 5 nitrogen and oxygen atoms in total. The molecule has 0 spiro atoms. The van der Waals surface area contributed by atoms with E-state index in [0.717, 1.165) is 29.6 Å². The Morgan fingerprint density at radius 1 is 1.28 bits per heavy atom. The highest BCUT2D eigenvalue weighted by Crippen LogP contribution is 2.40. The smallest absolute Gasteiger partial charge is 0.192 e. The lowest BCUT2D eigenvalue weighted by Crippen LogP contribution is -2.07. The fourth-order valence-corrected chi connectivity index (χ4v) is 3.66. The van der Waals surface area contributed by atoms with E-state index in [1.807, 2.05) is 12.1 Å². The topological polar surface area (TPSA) is 60.9 Å². The number of furan rings is 1. The molecule has 25 heavy (non-hydrogen) atoms. The molecule has 0 radical (unpaired) electrons. The van der Waals surface area contributed by atoms with Gasteiger partial charge in [0, 0.05) is 16.5 Å². The van der Waals surface area contributed by atoms with E-state index in [4.69, 9.17) is 16.0 Å². The maximum Gasteiger partial charge on any atom is 0.192 e. The molecular formula is C18H16ClN3O2S. The fraction of sp³-hybridized carbons (Fsp3) is 0.278. The van der Waals surface area contributed by atoms with Crippen LogP contribution in [0.2, 0.25) is 5.02 Å². The van der Waals surface area contributed by atoms with Crippen molar-refractivity contribution in [3.8, 4) is 0 Å². The van der Waals surface area contributed by atoms with E-state index in [0.29, 0.717) is 28.8 Å². The van der Waals surface area contributed by atoms with Crippen LogP contribution in [0, 0.1) is 0 Å². The molecule has 4 rings (SSSR count). The summed E-state index contributed by atoms with van der Waals surface area (Å²) in [6.45, 7) is 0.583. The first-order valence-corrected chi connectivity index (χ1v) is 9.44. The molecule has 0 bridgehead atoms. The first-order valence-electron chi connectivity index (χ1n) is 8.08. The van der Waals surface area contributed by atoms with Crippen LogP contribution in [0.3, 0.4) is 0 Å². The highest BCUT2D eigenvalue weighted by molar-refractivity contribution is 7.99. The molecule has 2 aromatic heterocycles. The summed E-state index contributed by atoms with van der Waals surface area (Å²) in [5.74, 6) is 2.62. The summed E-state index contributed by atoms with van der Waals surface area (Å²) in [5, 5.41) is 9.95. The van der Waals surface area contributed by atoms with Gasteiger partial charge in [-0.05, 0) is 37.1 Å². The van der Waals surface area contributed by atoms with Gasteiger partial charge in [0.1, 0.15) is 11.6 Å². The number of nitrogens with zero attached hydrogens (tertiary/aromatic N) is 3. The zero-order valence-corrected chi connectivity index (χ0v) is 15.0. The van der Waals surface area contributed by atoms with E-state index in [1.54, 1.807) is 30.5 Å². The first kappa shape index (κ1) is 16.4. The summed E-state index contributed by atoms with van der Waals surface area (Å²) in [4.78, 5) is 12.4. The second kappa shape index (κ2) is 7.06. The summed E-state index contributed by atoms with van der Waals surface area (Å²) in [7, 11) is 0. The number of aromatic nitrogens is 3. The number of hydrogen-bond acceptors (Lipinski definition) is 5. The van der Waals surface area contributed by atoms with Crippen LogP contribution in [0.15, 0.2) is 52.2 Å². The molecular weight excluding hydrogens is 358 g/mol. The molecule has 1 fully saturated rings. The molecule has 0 amide bonds. The first-order chi connectivity index (χ1) is 12.2. The van der Waals surface area contributed by atoms with Crippen molar-refractivity contribution in [1.82, 2.24) is 14.8 Å². The summed E-state index contributed by atoms with van der Waals surface area (Å²) in [5.41, 5.74) is 0.611. The maximum absolute atomic E-state index is 12.4. The van der Waals surface area contributed by atoms with Crippen LogP contribution in [0.4, 0.5) is 0 Å². The number of hydrogen-bond donors (Lipinski definition) is 0. The molecule has 0 saturated heterocycles. The molecule has 0 unspecified atom stereocenters. The van der Waals surface area contributed by atoms with Crippen molar-refractivity contribution in [2.75, 3.05) is 5.75 Å². The molecule has 7 heteroatoms. The lowest BCUT2D eigenvalue weighted by molar-refractivity contribution is 0.102. The second-order valence-corrected chi connectivity index (χ2v) is 7.38. The highest BCUT2D eigenvalue weighted by Gasteiger charge is 2.30. The largest absolute Gasteiger partial charge is 0.467 e. The van der Waals surface area contributed by atoms with E-state index in [2.05, 4.69) is 14.8 Å². The minimum atomic E-state index is 0.0213.